The van der Waals surface area contributed by atoms with E-state index in [0.717, 1.165) is 5.69 Å². The molecule has 4 rings (SSSR count). The molecule has 0 amide bonds. The van der Waals surface area contributed by atoms with Gasteiger partial charge < -0.3 is 26.0 Å². The number of pyridine rings is 1. The number of carbonyl (C=O) groups excluding carboxylic acids is 1. The second kappa shape index (κ2) is 7.82. The molecule has 0 saturated heterocycles. The predicted octanol–water partition coefficient (Wildman–Crippen LogP) is -1.14. The van der Waals surface area contributed by atoms with Gasteiger partial charge in [0.1, 0.15) is 25.0 Å². The van der Waals surface area contributed by atoms with Crippen molar-refractivity contribution in [2.24, 2.45) is 5.73 Å². The summed E-state index contributed by atoms with van der Waals surface area (Å²) < 4.78 is 12.3. The normalized spacial score (nSPS) is 21.5. The third-order valence-corrected chi connectivity index (χ3v) is 4.97. The monoisotopic (exact) mass is 415 g/mol. The number of aliphatic hydroxyl groups is 1. The van der Waals surface area contributed by atoms with E-state index in [0.29, 0.717) is 6.42 Å². The molecular weight excluding hydrogens is 394 g/mol. The van der Waals surface area contributed by atoms with Gasteiger partial charge >= 0.3 is 5.97 Å². The summed E-state index contributed by atoms with van der Waals surface area (Å²) in [4.78, 5) is 38.8. The fourth-order valence-corrected chi connectivity index (χ4v) is 3.16. The molecule has 12 nitrogen and oxygen atoms in total. The average Bonchev–Trinajstić information content (AvgIpc) is 3.28. The lowest BCUT2D eigenvalue weighted by atomic mass is 10.1. The number of fused-ring (bicyclic) bond motifs is 1. The van der Waals surface area contributed by atoms with E-state index < -0.39 is 29.8 Å². The highest BCUT2D eigenvalue weighted by atomic mass is 16.6. The van der Waals surface area contributed by atoms with Crippen LogP contribution >= 0.6 is 0 Å². The second-order valence-electron chi connectivity index (χ2n) is 7.09. The molecule has 3 unspecified atom stereocenters. The van der Waals surface area contributed by atoms with E-state index in [2.05, 4.69) is 19.9 Å². The molecule has 1 saturated carbocycles. The third kappa shape index (κ3) is 3.75. The lowest BCUT2D eigenvalue weighted by molar-refractivity contribution is -0.153. The number of aliphatic hydroxyl groups excluding tert-OH is 1. The number of aromatic amines is 1. The summed E-state index contributed by atoms with van der Waals surface area (Å²) in [5, 5.41) is 9.54. The molecular formula is C18H21N7O5. The van der Waals surface area contributed by atoms with Crippen molar-refractivity contribution in [2.45, 2.75) is 30.7 Å². The maximum atomic E-state index is 12.4. The molecule has 1 aliphatic rings. The minimum absolute atomic E-state index is 0.0537. The number of nitrogens with one attached hydrogen (secondary N) is 1. The van der Waals surface area contributed by atoms with Crippen LogP contribution in [0.4, 0.5) is 5.95 Å². The Hall–Kier alpha value is -3.35. The molecule has 1 aliphatic carbocycles. The summed E-state index contributed by atoms with van der Waals surface area (Å²) in [6.45, 7) is -0.664. The van der Waals surface area contributed by atoms with Crippen LogP contribution in [0.5, 0.6) is 0 Å². The number of aromatic nitrogens is 5. The highest BCUT2D eigenvalue weighted by molar-refractivity contribution is 5.86. The number of nitrogens with two attached hydrogens (primary N) is 2. The fourth-order valence-electron chi connectivity index (χ4n) is 3.16. The van der Waals surface area contributed by atoms with Gasteiger partial charge in [-0.3, -0.25) is 24.1 Å². The molecule has 3 aromatic rings. The van der Waals surface area contributed by atoms with Crippen LogP contribution in [0, 0.1) is 0 Å². The summed E-state index contributed by atoms with van der Waals surface area (Å²) in [6, 6.07) is 5.43. The van der Waals surface area contributed by atoms with Crippen molar-refractivity contribution in [3.05, 3.63) is 46.8 Å². The van der Waals surface area contributed by atoms with Crippen molar-refractivity contribution < 1.29 is 19.4 Å². The minimum atomic E-state index is -1.13. The van der Waals surface area contributed by atoms with Gasteiger partial charge in [-0.15, -0.1) is 0 Å². The fraction of sp³-hybridized carbons (Fsp3) is 0.389. The molecule has 0 bridgehead atoms. The van der Waals surface area contributed by atoms with Crippen LogP contribution in [-0.2, 0) is 21.0 Å². The first-order chi connectivity index (χ1) is 14.4. The highest BCUT2D eigenvalue weighted by Crippen LogP contribution is 2.49. The SMILES string of the molecule is Nc1nc2c(ncn2COC(CO)COC(=O)C2(N)CC2c2ccccn2)c(=O)[nH]1. The van der Waals surface area contributed by atoms with Crippen LogP contribution in [-0.4, -0.2) is 60.4 Å². The van der Waals surface area contributed by atoms with Crippen LogP contribution in [0.2, 0.25) is 0 Å². The largest absolute Gasteiger partial charge is 0.461 e. The van der Waals surface area contributed by atoms with E-state index >= 15 is 0 Å². The van der Waals surface area contributed by atoms with E-state index in [1.165, 1.54) is 10.9 Å². The van der Waals surface area contributed by atoms with Gasteiger partial charge in [-0.25, -0.2) is 4.98 Å². The van der Waals surface area contributed by atoms with Crippen LogP contribution in [0.3, 0.4) is 0 Å². The van der Waals surface area contributed by atoms with Gasteiger partial charge in [0.05, 0.1) is 12.9 Å². The van der Waals surface area contributed by atoms with Gasteiger partial charge in [0.25, 0.3) is 5.56 Å². The highest BCUT2D eigenvalue weighted by Gasteiger charge is 2.60. The first kappa shape index (κ1) is 19.9. The Balaban J connectivity index is 1.34. The Morgan fingerprint density at radius 1 is 1.43 bits per heavy atom. The zero-order valence-corrected chi connectivity index (χ0v) is 15.9. The maximum absolute atomic E-state index is 12.4. The number of hydrogen-bond donors (Lipinski definition) is 4. The van der Waals surface area contributed by atoms with Crippen molar-refractivity contribution in [2.75, 3.05) is 18.9 Å². The molecule has 30 heavy (non-hydrogen) atoms. The van der Waals surface area contributed by atoms with Crippen LogP contribution in [0.25, 0.3) is 11.2 Å². The standard InChI is InChI=1S/C18H21N7O5/c19-17-23-14-13(15(27)24-17)22-8-25(14)9-30-10(6-26)7-29-16(28)18(20)5-11(18)12-3-1-2-4-21-12/h1-4,8,10-11,26H,5-7,9,20H2,(H3,19,23,24,27). The second-order valence-corrected chi connectivity index (χ2v) is 7.09. The van der Waals surface area contributed by atoms with Gasteiger partial charge in [-0.05, 0) is 18.6 Å². The molecule has 0 spiro atoms. The molecule has 158 valence electrons. The van der Waals surface area contributed by atoms with Crippen molar-refractivity contribution in [1.29, 1.82) is 0 Å². The first-order valence-corrected chi connectivity index (χ1v) is 9.22. The minimum Gasteiger partial charge on any atom is -0.461 e. The smallest absolute Gasteiger partial charge is 0.326 e. The Kier molecular flexibility index (Phi) is 5.20. The van der Waals surface area contributed by atoms with Gasteiger partial charge in [0.15, 0.2) is 11.2 Å². The summed E-state index contributed by atoms with van der Waals surface area (Å²) >= 11 is 0. The van der Waals surface area contributed by atoms with Crippen LogP contribution in [0.1, 0.15) is 18.0 Å². The lowest BCUT2D eigenvalue weighted by Crippen LogP contribution is -2.39. The van der Waals surface area contributed by atoms with E-state index in [-0.39, 0.29) is 36.4 Å². The van der Waals surface area contributed by atoms with E-state index in [1.54, 1.807) is 12.3 Å². The number of rotatable bonds is 8. The van der Waals surface area contributed by atoms with E-state index in [4.69, 9.17) is 20.9 Å². The predicted molar refractivity (Wildman–Crippen MR) is 104 cm³/mol. The van der Waals surface area contributed by atoms with Crippen molar-refractivity contribution >= 4 is 23.1 Å². The molecule has 0 aliphatic heterocycles. The molecule has 12 heteroatoms. The molecule has 3 aromatic heterocycles. The van der Waals surface area contributed by atoms with Gasteiger partial charge in [0.2, 0.25) is 5.95 Å². The van der Waals surface area contributed by atoms with Crippen molar-refractivity contribution in [3.8, 4) is 0 Å². The van der Waals surface area contributed by atoms with Crippen molar-refractivity contribution in [1.82, 2.24) is 24.5 Å². The number of nitrogens with zero attached hydrogens (tertiary/aromatic N) is 4. The topological polar surface area (TPSA) is 184 Å². The Bertz CT molecular complexity index is 1120. The first-order valence-electron chi connectivity index (χ1n) is 9.22. The zero-order chi connectivity index (χ0) is 21.3. The number of esters is 1. The van der Waals surface area contributed by atoms with Gasteiger partial charge in [-0.1, -0.05) is 6.07 Å². The Morgan fingerprint density at radius 3 is 3.00 bits per heavy atom. The molecule has 0 radical (unpaired) electrons. The zero-order valence-electron chi connectivity index (χ0n) is 15.9. The number of imidazole rings is 1. The summed E-state index contributed by atoms with van der Waals surface area (Å²) in [6.07, 6.45) is 2.64. The lowest BCUT2D eigenvalue weighted by Gasteiger charge is -2.18. The van der Waals surface area contributed by atoms with Crippen molar-refractivity contribution in [3.63, 3.8) is 0 Å². The third-order valence-electron chi connectivity index (χ3n) is 4.97. The number of carbonyl (C=O) groups is 1. The number of hydrogen-bond acceptors (Lipinski definition) is 10. The number of nitrogen functional groups attached to an aromatic ring is 1. The maximum Gasteiger partial charge on any atom is 0.326 e. The number of anilines is 1. The number of H-pyrrole nitrogens is 1. The summed E-state index contributed by atoms with van der Waals surface area (Å²) in [5.41, 5.74) is 11.2. The summed E-state index contributed by atoms with van der Waals surface area (Å²) in [7, 11) is 0. The Morgan fingerprint density at radius 2 is 2.27 bits per heavy atom. The average molecular weight is 415 g/mol. The van der Waals surface area contributed by atoms with E-state index in [9.17, 15) is 14.7 Å². The van der Waals surface area contributed by atoms with Crippen LogP contribution < -0.4 is 17.0 Å². The molecule has 3 heterocycles. The Labute approximate surface area is 169 Å². The van der Waals surface area contributed by atoms with Crippen LogP contribution in [0.15, 0.2) is 35.5 Å². The molecule has 1 fully saturated rings. The summed E-state index contributed by atoms with van der Waals surface area (Å²) in [5.74, 6) is -0.831. The van der Waals surface area contributed by atoms with Gasteiger partial charge in [-0.2, -0.15) is 4.98 Å². The molecule has 3 atom stereocenters. The molecule has 0 aromatic carbocycles. The molecule has 6 N–H and O–H groups in total. The quantitative estimate of drug-likeness (QED) is 0.328. The van der Waals surface area contributed by atoms with Gasteiger partial charge in [0, 0.05) is 17.8 Å². The van der Waals surface area contributed by atoms with E-state index in [1.807, 2.05) is 12.1 Å². The number of ether oxygens (including phenoxy) is 2.